The first kappa shape index (κ1) is 12.9. The fraction of sp³-hybridized carbons (Fsp3) is 0.182. The van der Waals surface area contributed by atoms with Crippen molar-refractivity contribution >= 4 is 5.69 Å². The zero-order valence-electron chi connectivity index (χ0n) is 9.79. The second-order valence-electron chi connectivity index (χ2n) is 3.69. The highest BCUT2D eigenvalue weighted by Crippen LogP contribution is 2.38. The summed E-state index contributed by atoms with van der Waals surface area (Å²) in [6.07, 6.45) is 2.97. The Labute approximate surface area is 106 Å². The second kappa shape index (κ2) is 5.01. The lowest BCUT2D eigenvalue weighted by molar-refractivity contribution is -0.386. The molecule has 0 radical (unpaired) electrons. The molecule has 0 aliphatic carbocycles. The number of alkyl halides is 2. The summed E-state index contributed by atoms with van der Waals surface area (Å²) in [4.78, 5) is 10.1. The van der Waals surface area contributed by atoms with Crippen LogP contribution in [0, 0.1) is 10.1 Å². The molecule has 1 heterocycles. The third-order valence-electron chi connectivity index (χ3n) is 2.41. The highest BCUT2D eigenvalue weighted by Gasteiger charge is 2.23. The maximum Gasteiger partial charge on any atom is 0.387 e. The van der Waals surface area contributed by atoms with Crippen LogP contribution in [0.25, 0.3) is 11.1 Å². The number of hydrogen-bond donors (Lipinski definition) is 0. The molecule has 100 valence electrons. The number of nitro benzene ring substituents is 1. The molecule has 6 nitrogen and oxygen atoms in total. The maximum atomic E-state index is 12.4. The van der Waals surface area contributed by atoms with Crippen molar-refractivity contribution in [2.24, 2.45) is 7.05 Å². The number of hydrogen-bond acceptors (Lipinski definition) is 4. The molecule has 0 unspecified atom stereocenters. The molecule has 2 aromatic rings. The van der Waals surface area contributed by atoms with E-state index >= 15 is 0 Å². The molecule has 0 saturated heterocycles. The summed E-state index contributed by atoms with van der Waals surface area (Å²) < 4.78 is 30.5. The molecule has 0 bridgehead atoms. The molecular formula is C11H9F2N3O3. The summed E-state index contributed by atoms with van der Waals surface area (Å²) in [6, 6.07) is 3.97. The van der Waals surface area contributed by atoms with Crippen molar-refractivity contribution in [2.45, 2.75) is 6.61 Å². The first-order valence-electron chi connectivity index (χ1n) is 5.20. The van der Waals surface area contributed by atoms with Crippen LogP contribution >= 0.6 is 0 Å². The molecule has 19 heavy (non-hydrogen) atoms. The molecule has 0 aliphatic rings. The summed E-state index contributed by atoms with van der Waals surface area (Å²) in [5.74, 6) is -0.462. The zero-order chi connectivity index (χ0) is 14.0. The predicted octanol–water partition coefficient (Wildman–Crippen LogP) is 2.60. The van der Waals surface area contributed by atoms with E-state index in [1.807, 2.05) is 0 Å². The number of rotatable bonds is 4. The van der Waals surface area contributed by atoms with Crippen LogP contribution in [0.15, 0.2) is 30.6 Å². The Morgan fingerprint density at radius 3 is 2.74 bits per heavy atom. The quantitative estimate of drug-likeness (QED) is 0.631. The van der Waals surface area contributed by atoms with Crippen LogP contribution in [-0.4, -0.2) is 21.3 Å². The predicted molar refractivity (Wildman–Crippen MR) is 61.9 cm³/mol. The molecule has 0 atom stereocenters. The Kier molecular flexibility index (Phi) is 3.41. The van der Waals surface area contributed by atoms with Gasteiger partial charge in [0, 0.05) is 30.4 Å². The number of nitrogens with zero attached hydrogens (tertiary/aromatic N) is 3. The number of para-hydroxylation sites is 1. The van der Waals surface area contributed by atoms with Gasteiger partial charge >= 0.3 is 12.3 Å². The Morgan fingerprint density at radius 2 is 2.21 bits per heavy atom. The lowest BCUT2D eigenvalue weighted by atomic mass is 10.1. The Balaban J connectivity index is 2.59. The summed E-state index contributed by atoms with van der Waals surface area (Å²) in [5.41, 5.74) is 0.145. The van der Waals surface area contributed by atoms with E-state index in [2.05, 4.69) is 9.84 Å². The summed E-state index contributed by atoms with van der Waals surface area (Å²) in [6.45, 7) is -3.14. The first-order valence-corrected chi connectivity index (χ1v) is 5.20. The molecule has 0 N–H and O–H groups in total. The van der Waals surface area contributed by atoms with Crippen molar-refractivity contribution in [2.75, 3.05) is 0 Å². The van der Waals surface area contributed by atoms with Crippen molar-refractivity contribution in [3.05, 3.63) is 40.7 Å². The largest absolute Gasteiger partial charge is 0.427 e. The lowest BCUT2D eigenvalue weighted by Gasteiger charge is -2.09. The monoisotopic (exact) mass is 269 g/mol. The Morgan fingerprint density at radius 1 is 1.47 bits per heavy atom. The molecule has 1 aromatic heterocycles. The topological polar surface area (TPSA) is 70.2 Å². The van der Waals surface area contributed by atoms with Crippen molar-refractivity contribution in [1.29, 1.82) is 0 Å². The van der Waals surface area contributed by atoms with Gasteiger partial charge in [-0.1, -0.05) is 12.1 Å². The molecule has 8 heteroatoms. The van der Waals surface area contributed by atoms with Crippen LogP contribution in [0.1, 0.15) is 0 Å². The molecule has 1 aromatic carbocycles. The first-order chi connectivity index (χ1) is 8.99. The SMILES string of the molecule is Cn1cc(-c2cccc([N+](=O)[O-])c2OC(F)F)cn1. The van der Waals surface area contributed by atoms with Crippen LogP contribution in [0.2, 0.25) is 0 Å². The van der Waals surface area contributed by atoms with E-state index in [9.17, 15) is 18.9 Å². The van der Waals surface area contributed by atoms with E-state index in [0.29, 0.717) is 5.56 Å². The van der Waals surface area contributed by atoms with Crippen molar-refractivity contribution in [1.82, 2.24) is 9.78 Å². The fourth-order valence-corrected chi connectivity index (χ4v) is 1.67. The van der Waals surface area contributed by atoms with Crippen LogP contribution in [0.3, 0.4) is 0 Å². The second-order valence-corrected chi connectivity index (χ2v) is 3.69. The minimum absolute atomic E-state index is 0.197. The molecule has 0 saturated carbocycles. The molecule has 0 fully saturated rings. The van der Waals surface area contributed by atoms with E-state index < -0.39 is 23.0 Å². The normalized spacial score (nSPS) is 10.7. The van der Waals surface area contributed by atoms with E-state index in [4.69, 9.17) is 0 Å². The van der Waals surface area contributed by atoms with Gasteiger partial charge in [-0.25, -0.2) is 0 Å². The van der Waals surface area contributed by atoms with E-state index in [1.165, 1.54) is 23.0 Å². The standard InChI is InChI=1S/C11H9F2N3O3/c1-15-6-7(5-14-15)8-3-2-4-9(16(17)18)10(8)19-11(12)13/h2-6,11H,1H3. The summed E-state index contributed by atoms with van der Waals surface area (Å²) in [5, 5.41) is 14.7. The number of aromatic nitrogens is 2. The number of nitro groups is 1. The van der Waals surface area contributed by atoms with E-state index in [-0.39, 0.29) is 5.56 Å². The molecule has 0 aliphatic heterocycles. The van der Waals surface area contributed by atoms with Gasteiger partial charge in [0.2, 0.25) is 5.75 Å². The summed E-state index contributed by atoms with van der Waals surface area (Å²) in [7, 11) is 1.65. The van der Waals surface area contributed by atoms with Gasteiger partial charge in [-0.3, -0.25) is 14.8 Å². The molecule has 2 rings (SSSR count). The molecule has 0 spiro atoms. The highest BCUT2D eigenvalue weighted by molar-refractivity contribution is 5.74. The van der Waals surface area contributed by atoms with E-state index in [0.717, 1.165) is 6.07 Å². The number of benzene rings is 1. The minimum atomic E-state index is -3.14. The van der Waals surface area contributed by atoms with Gasteiger partial charge in [0.1, 0.15) is 0 Å². The fourth-order valence-electron chi connectivity index (χ4n) is 1.67. The van der Waals surface area contributed by atoms with Crippen LogP contribution < -0.4 is 4.74 Å². The number of halogens is 2. The average molecular weight is 269 g/mol. The van der Waals surface area contributed by atoms with E-state index in [1.54, 1.807) is 13.2 Å². The number of ether oxygens (including phenoxy) is 1. The van der Waals surface area contributed by atoms with Crippen molar-refractivity contribution in [3.63, 3.8) is 0 Å². The van der Waals surface area contributed by atoms with Crippen LogP contribution in [0.5, 0.6) is 5.75 Å². The summed E-state index contributed by atoms with van der Waals surface area (Å²) >= 11 is 0. The zero-order valence-corrected chi connectivity index (χ0v) is 9.79. The van der Waals surface area contributed by atoms with Gasteiger partial charge in [0.15, 0.2) is 0 Å². The van der Waals surface area contributed by atoms with Crippen LogP contribution in [0.4, 0.5) is 14.5 Å². The third-order valence-corrected chi connectivity index (χ3v) is 2.41. The van der Waals surface area contributed by atoms with Gasteiger partial charge in [-0.05, 0) is 0 Å². The molecule has 0 amide bonds. The van der Waals surface area contributed by atoms with Gasteiger partial charge < -0.3 is 4.74 Å². The van der Waals surface area contributed by atoms with Gasteiger partial charge in [0.25, 0.3) is 0 Å². The smallest absolute Gasteiger partial charge is 0.387 e. The minimum Gasteiger partial charge on any atom is -0.427 e. The number of aryl methyl sites for hydroxylation is 1. The van der Waals surface area contributed by atoms with Crippen LogP contribution in [-0.2, 0) is 7.05 Å². The third kappa shape index (κ3) is 2.67. The van der Waals surface area contributed by atoms with Gasteiger partial charge in [0.05, 0.1) is 11.1 Å². The highest BCUT2D eigenvalue weighted by atomic mass is 19.3. The van der Waals surface area contributed by atoms with Crippen molar-refractivity contribution in [3.8, 4) is 16.9 Å². The average Bonchev–Trinajstić information content (AvgIpc) is 2.75. The maximum absolute atomic E-state index is 12.4. The van der Waals surface area contributed by atoms with Crippen molar-refractivity contribution < 1.29 is 18.4 Å². The lowest BCUT2D eigenvalue weighted by Crippen LogP contribution is -2.05. The Hall–Kier alpha value is -2.51. The van der Waals surface area contributed by atoms with Gasteiger partial charge in [-0.15, -0.1) is 0 Å². The Bertz CT molecular complexity index is 613. The van der Waals surface area contributed by atoms with Gasteiger partial charge in [-0.2, -0.15) is 13.9 Å². The molecular weight excluding hydrogens is 260 g/mol.